The first-order chi connectivity index (χ1) is 10.7. The molecule has 0 aliphatic carbocycles. The van der Waals surface area contributed by atoms with E-state index in [1.54, 1.807) is 25.6 Å². The summed E-state index contributed by atoms with van der Waals surface area (Å²) in [6, 6.07) is 9.76. The van der Waals surface area contributed by atoms with Crippen LogP contribution in [0.3, 0.4) is 0 Å². The highest BCUT2D eigenvalue weighted by Crippen LogP contribution is 2.24. The summed E-state index contributed by atoms with van der Waals surface area (Å²) < 4.78 is 1.61. The second-order valence-electron chi connectivity index (χ2n) is 6.11. The number of carbonyl (C=O) groups is 2. The maximum Gasteiger partial charge on any atom is 0.250 e. The summed E-state index contributed by atoms with van der Waals surface area (Å²) in [5.41, 5.74) is 1.92. The van der Waals surface area contributed by atoms with Crippen LogP contribution in [0.2, 0.25) is 0 Å². The predicted octanol–water partition coefficient (Wildman–Crippen LogP) is 2.25. The van der Waals surface area contributed by atoms with Crippen LogP contribution in [-0.4, -0.2) is 27.1 Å². The number of nitrogens with one attached hydrogen (secondary N) is 2. The van der Waals surface area contributed by atoms with Crippen LogP contribution in [0.1, 0.15) is 26.3 Å². The molecule has 0 aliphatic heterocycles. The summed E-state index contributed by atoms with van der Waals surface area (Å²) in [5.74, 6) is 0.0227. The first kappa shape index (κ1) is 16.7. The van der Waals surface area contributed by atoms with Crippen LogP contribution in [0, 0.1) is 6.92 Å². The lowest BCUT2D eigenvalue weighted by Gasteiger charge is -2.24. The third-order valence-electron chi connectivity index (χ3n) is 3.60. The Kier molecular flexibility index (Phi) is 4.54. The number of carbonyl (C=O) groups excluding carboxylic acids is 2. The van der Waals surface area contributed by atoms with E-state index in [1.807, 2.05) is 37.3 Å². The molecule has 1 aromatic carbocycles. The summed E-state index contributed by atoms with van der Waals surface area (Å²) >= 11 is 0. The van der Waals surface area contributed by atoms with E-state index in [0.717, 1.165) is 16.8 Å². The maximum atomic E-state index is 12.4. The molecular formula is C17H22N4O2. The maximum absolute atomic E-state index is 12.4. The van der Waals surface area contributed by atoms with Crippen molar-refractivity contribution in [3.05, 3.63) is 35.9 Å². The molecule has 0 saturated carbocycles. The molecule has 23 heavy (non-hydrogen) atoms. The van der Waals surface area contributed by atoms with Gasteiger partial charge in [0, 0.05) is 25.6 Å². The molecule has 0 fully saturated rings. The van der Waals surface area contributed by atoms with Gasteiger partial charge in [-0.05, 0) is 26.3 Å². The van der Waals surface area contributed by atoms with Gasteiger partial charge in [-0.15, -0.1) is 0 Å². The fourth-order valence-electron chi connectivity index (χ4n) is 2.35. The Morgan fingerprint density at radius 3 is 2.48 bits per heavy atom. The highest BCUT2D eigenvalue weighted by molar-refractivity contribution is 5.99. The molecule has 0 aliphatic rings. The van der Waals surface area contributed by atoms with Gasteiger partial charge in [0.05, 0.1) is 5.69 Å². The molecule has 2 N–H and O–H groups in total. The average molecular weight is 314 g/mol. The minimum atomic E-state index is -1.00. The van der Waals surface area contributed by atoms with Crippen molar-refractivity contribution in [3.8, 4) is 11.3 Å². The van der Waals surface area contributed by atoms with Crippen molar-refractivity contribution in [1.82, 2.24) is 15.1 Å². The highest BCUT2D eigenvalue weighted by atomic mass is 16.2. The van der Waals surface area contributed by atoms with Gasteiger partial charge < -0.3 is 10.6 Å². The van der Waals surface area contributed by atoms with Crippen LogP contribution in [0.25, 0.3) is 11.3 Å². The lowest BCUT2D eigenvalue weighted by molar-refractivity contribution is -0.128. The number of aryl methyl sites for hydroxylation is 2. The van der Waals surface area contributed by atoms with Gasteiger partial charge in [-0.1, -0.05) is 24.3 Å². The number of anilines is 1. The summed E-state index contributed by atoms with van der Waals surface area (Å²) in [6.07, 6.45) is 0. The van der Waals surface area contributed by atoms with Crippen molar-refractivity contribution in [3.63, 3.8) is 0 Å². The van der Waals surface area contributed by atoms with Gasteiger partial charge >= 0.3 is 0 Å². The Morgan fingerprint density at radius 2 is 1.87 bits per heavy atom. The van der Waals surface area contributed by atoms with Gasteiger partial charge in [-0.25, -0.2) is 0 Å². The van der Waals surface area contributed by atoms with E-state index in [0.29, 0.717) is 5.82 Å². The SMILES string of the molecule is CC(=O)NC(C)(C)C(=O)Nc1cc(-c2ccccc2C)nn1C. The first-order valence-corrected chi connectivity index (χ1v) is 7.41. The smallest absolute Gasteiger partial charge is 0.250 e. The number of benzene rings is 1. The Hall–Kier alpha value is -2.63. The van der Waals surface area contributed by atoms with Crippen molar-refractivity contribution < 1.29 is 9.59 Å². The van der Waals surface area contributed by atoms with Gasteiger partial charge in [0.2, 0.25) is 5.91 Å². The molecule has 1 aromatic heterocycles. The van der Waals surface area contributed by atoms with Gasteiger partial charge in [0.25, 0.3) is 5.91 Å². The van der Waals surface area contributed by atoms with Crippen LogP contribution in [0.15, 0.2) is 30.3 Å². The molecular weight excluding hydrogens is 292 g/mol. The van der Waals surface area contributed by atoms with E-state index in [1.165, 1.54) is 6.92 Å². The minimum Gasteiger partial charge on any atom is -0.342 e. The molecule has 0 spiro atoms. The van der Waals surface area contributed by atoms with Crippen LogP contribution >= 0.6 is 0 Å². The number of hydrogen-bond donors (Lipinski definition) is 2. The monoisotopic (exact) mass is 314 g/mol. The van der Waals surface area contributed by atoms with Crippen molar-refractivity contribution in [2.24, 2.45) is 7.05 Å². The zero-order chi connectivity index (χ0) is 17.2. The van der Waals surface area contributed by atoms with E-state index in [9.17, 15) is 9.59 Å². The lowest BCUT2D eigenvalue weighted by Crippen LogP contribution is -2.51. The quantitative estimate of drug-likeness (QED) is 0.909. The molecule has 1 heterocycles. The van der Waals surface area contributed by atoms with Crippen molar-refractivity contribution in [1.29, 1.82) is 0 Å². The second-order valence-corrected chi connectivity index (χ2v) is 6.11. The second kappa shape index (κ2) is 6.24. The standard InChI is InChI=1S/C17H22N4O2/c1-11-8-6-7-9-13(11)14-10-15(21(5)20-14)18-16(23)17(3,4)19-12(2)22/h6-10H,1-5H3,(H,18,23)(H,19,22). The molecule has 0 bridgehead atoms. The number of aromatic nitrogens is 2. The normalized spacial score (nSPS) is 11.2. The number of nitrogens with zero attached hydrogens (tertiary/aromatic N) is 2. The lowest BCUT2D eigenvalue weighted by atomic mass is 10.0. The number of amides is 2. The summed E-state index contributed by atoms with van der Waals surface area (Å²) in [5, 5.41) is 9.89. The molecule has 122 valence electrons. The van der Waals surface area contributed by atoms with Crippen molar-refractivity contribution in [2.75, 3.05) is 5.32 Å². The molecule has 6 nitrogen and oxygen atoms in total. The van der Waals surface area contributed by atoms with Crippen molar-refractivity contribution in [2.45, 2.75) is 33.2 Å². The van der Waals surface area contributed by atoms with Gasteiger partial charge in [0.1, 0.15) is 11.4 Å². The molecule has 0 saturated heterocycles. The summed E-state index contributed by atoms with van der Waals surface area (Å²) in [6.45, 7) is 6.71. The molecule has 2 amide bonds. The van der Waals surface area contributed by atoms with Gasteiger partial charge in [-0.3, -0.25) is 14.3 Å². The van der Waals surface area contributed by atoms with Gasteiger partial charge in [0.15, 0.2) is 0 Å². The zero-order valence-electron chi connectivity index (χ0n) is 14.1. The first-order valence-electron chi connectivity index (χ1n) is 7.41. The fourth-order valence-corrected chi connectivity index (χ4v) is 2.35. The topological polar surface area (TPSA) is 76.0 Å². The summed E-state index contributed by atoms with van der Waals surface area (Å²) in [7, 11) is 1.77. The molecule has 6 heteroatoms. The Labute approximate surface area is 135 Å². The average Bonchev–Trinajstić information content (AvgIpc) is 2.79. The largest absolute Gasteiger partial charge is 0.342 e. The molecule has 0 unspecified atom stereocenters. The number of hydrogen-bond acceptors (Lipinski definition) is 3. The Bertz CT molecular complexity index is 747. The molecule has 2 rings (SSSR count). The predicted molar refractivity (Wildman–Crippen MR) is 89.9 cm³/mol. The fraction of sp³-hybridized carbons (Fsp3) is 0.353. The summed E-state index contributed by atoms with van der Waals surface area (Å²) in [4.78, 5) is 23.6. The van der Waals surface area contributed by atoms with E-state index in [-0.39, 0.29) is 11.8 Å². The van der Waals surface area contributed by atoms with Crippen LogP contribution < -0.4 is 10.6 Å². The van der Waals surface area contributed by atoms with E-state index in [2.05, 4.69) is 15.7 Å². The highest BCUT2D eigenvalue weighted by Gasteiger charge is 2.29. The van der Waals surface area contributed by atoms with Crippen LogP contribution in [0.5, 0.6) is 0 Å². The molecule has 0 atom stereocenters. The van der Waals surface area contributed by atoms with E-state index < -0.39 is 5.54 Å². The zero-order valence-corrected chi connectivity index (χ0v) is 14.1. The van der Waals surface area contributed by atoms with Gasteiger partial charge in [-0.2, -0.15) is 5.10 Å². The van der Waals surface area contributed by atoms with Crippen LogP contribution in [0.4, 0.5) is 5.82 Å². The third-order valence-corrected chi connectivity index (χ3v) is 3.60. The van der Waals surface area contributed by atoms with Crippen molar-refractivity contribution >= 4 is 17.6 Å². The third kappa shape index (κ3) is 3.77. The number of rotatable bonds is 4. The molecule has 2 aromatic rings. The minimum absolute atomic E-state index is 0.254. The van der Waals surface area contributed by atoms with Crippen LogP contribution in [-0.2, 0) is 16.6 Å². The van der Waals surface area contributed by atoms with E-state index >= 15 is 0 Å². The molecule has 0 radical (unpaired) electrons. The Morgan fingerprint density at radius 1 is 1.22 bits per heavy atom. The van der Waals surface area contributed by atoms with E-state index in [4.69, 9.17) is 0 Å². The Balaban J connectivity index is 2.24.